The summed E-state index contributed by atoms with van der Waals surface area (Å²) in [6.07, 6.45) is 0. The molecule has 0 saturated carbocycles. The van der Waals surface area contributed by atoms with Crippen LogP contribution in [0.2, 0.25) is 0 Å². The van der Waals surface area contributed by atoms with Crippen molar-refractivity contribution in [3.8, 4) is 5.75 Å². The number of phenols is 1. The Hall–Kier alpha value is -1.91. The van der Waals surface area contributed by atoms with Gasteiger partial charge in [-0.3, -0.25) is 0 Å². The number of nitrogens with zero attached hydrogens (tertiary/aromatic N) is 1. The van der Waals surface area contributed by atoms with Crippen LogP contribution >= 0.6 is 0 Å². The molecule has 0 aliphatic rings. The van der Waals surface area contributed by atoms with E-state index in [4.69, 9.17) is 0 Å². The number of aromatic hydroxyl groups is 1. The normalized spacial score (nSPS) is 9.82. The molecular weight excluding hydrogens is 218 g/mol. The molecule has 3 N–H and O–H groups in total. The van der Waals surface area contributed by atoms with Gasteiger partial charge < -0.3 is 20.6 Å². The Morgan fingerprint density at radius 2 is 2.00 bits per heavy atom. The highest BCUT2D eigenvalue weighted by Gasteiger charge is 2.11. The fourth-order valence-corrected chi connectivity index (χ4v) is 1.50. The molecule has 17 heavy (non-hydrogen) atoms. The van der Waals surface area contributed by atoms with Crippen LogP contribution in [-0.2, 0) is 0 Å². The van der Waals surface area contributed by atoms with Gasteiger partial charge in [-0.25, -0.2) is 4.79 Å². The molecule has 0 saturated heterocycles. The number of carbonyl (C=O) groups is 1. The Kier molecular flexibility index (Phi) is 4.63. The first-order valence-corrected chi connectivity index (χ1v) is 5.69. The van der Waals surface area contributed by atoms with Crippen molar-refractivity contribution in [2.24, 2.45) is 0 Å². The van der Waals surface area contributed by atoms with Crippen molar-refractivity contribution in [3.05, 3.63) is 18.2 Å². The highest BCUT2D eigenvalue weighted by Crippen LogP contribution is 2.26. The number of benzene rings is 1. The van der Waals surface area contributed by atoms with Crippen molar-refractivity contribution >= 4 is 17.4 Å². The Balaban J connectivity index is 2.78. The smallest absolute Gasteiger partial charge is 0.321 e. The van der Waals surface area contributed by atoms with Gasteiger partial charge in [0, 0.05) is 31.9 Å². The largest absolute Gasteiger partial charge is 0.506 e. The Labute approximate surface area is 101 Å². The van der Waals surface area contributed by atoms with Crippen molar-refractivity contribution < 1.29 is 9.90 Å². The highest BCUT2D eigenvalue weighted by molar-refractivity contribution is 5.91. The molecule has 0 heterocycles. The van der Waals surface area contributed by atoms with E-state index in [2.05, 4.69) is 10.6 Å². The monoisotopic (exact) mass is 237 g/mol. The summed E-state index contributed by atoms with van der Waals surface area (Å²) in [5, 5.41) is 15.3. The van der Waals surface area contributed by atoms with E-state index in [0.29, 0.717) is 18.8 Å². The van der Waals surface area contributed by atoms with Gasteiger partial charge in [-0.2, -0.15) is 0 Å². The molecule has 1 aromatic rings. The molecule has 0 aliphatic carbocycles. The van der Waals surface area contributed by atoms with Gasteiger partial charge in [-0.15, -0.1) is 0 Å². The van der Waals surface area contributed by atoms with Crippen LogP contribution in [0.25, 0.3) is 0 Å². The molecule has 0 spiro atoms. The molecule has 0 unspecified atom stereocenters. The lowest BCUT2D eigenvalue weighted by Crippen LogP contribution is -2.34. The number of urea groups is 1. The van der Waals surface area contributed by atoms with Crippen LogP contribution in [-0.4, -0.2) is 36.2 Å². The quantitative estimate of drug-likeness (QED) is 0.704. The highest BCUT2D eigenvalue weighted by atomic mass is 16.3. The number of rotatable bonds is 4. The Morgan fingerprint density at radius 1 is 1.35 bits per heavy atom. The molecule has 0 aromatic heterocycles. The van der Waals surface area contributed by atoms with Gasteiger partial charge in [0.2, 0.25) is 0 Å². The molecule has 0 bridgehead atoms. The third-order valence-corrected chi connectivity index (χ3v) is 2.58. The molecule has 94 valence electrons. The summed E-state index contributed by atoms with van der Waals surface area (Å²) in [6.45, 7) is 5.09. The first kappa shape index (κ1) is 13.2. The Morgan fingerprint density at radius 3 is 2.47 bits per heavy atom. The number of phenolic OH excluding ortho intramolecular Hbond substituents is 1. The second-order valence-corrected chi connectivity index (χ2v) is 3.58. The summed E-state index contributed by atoms with van der Waals surface area (Å²) in [4.78, 5) is 13.4. The minimum atomic E-state index is -0.206. The van der Waals surface area contributed by atoms with Gasteiger partial charge in [0.15, 0.2) is 0 Å². The first-order valence-electron chi connectivity index (χ1n) is 5.69. The predicted octanol–water partition coefficient (Wildman–Crippen LogP) is 2.31. The minimum absolute atomic E-state index is 0.0531. The number of hydrogen-bond donors (Lipinski definition) is 3. The average Bonchev–Trinajstić information content (AvgIpc) is 2.33. The maximum atomic E-state index is 11.8. The third kappa shape index (κ3) is 3.27. The SMILES string of the molecule is CCN(CC)C(=O)Nc1ccc(NC)cc1O. The van der Waals surface area contributed by atoms with Crippen LogP contribution in [0.1, 0.15) is 13.8 Å². The number of hydrogen-bond acceptors (Lipinski definition) is 3. The molecule has 0 radical (unpaired) electrons. The van der Waals surface area contributed by atoms with E-state index < -0.39 is 0 Å². The zero-order valence-corrected chi connectivity index (χ0v) is 10.4. The van der Waals surface area contributed by atoms with Gasteiger partial charge in [0.05, 0.1) is 5.69 Å². The molecule has 1 rings (SSSR count). The maximum absolute atomic E-state index is 11.8. The summed E-state index contributed by atoms with van der Waals surface area (Å²) in [7, 11) is 1.77. The standard InChI is InChI=1S/C12H19N3O2/c1-4-15(5-2)12(17)14-10-7-6-9(13-3)8-11(10)16/h6-8,13,16H,4-5H2,1-3H3,(H,14,17). The second-order valence-electron chi connectivity index (χ2n) is 3.58. The summed E-state index contributed by atoms with van der Waals surface area (Å²) >= 11 is 0. The predicted molar refractivity (Wildman–Crippen MR) is 69.6 cm³/mol. The molecule has 0 atom stereocenters. The van der Waals surface area contributed by atoms with Gasteiger partial charge in [0.1, 0.15) is 5.75 Å². The van der Waals surface area contributed by atoms with Crippen molar-refractivity contribution in [2.75, 3.05) is 30.8 Å². The van der Waals surface area contributed by atoms with E-state index in [1.54, 1.807) is 30.1 Å². The lowest BCUT2D eigenvalue weighted by Gasteiger charge is -2.19. The summed E-state index contributed by atoms with van der Waals surface area (Å²) in [5.74, 6) is 0.0531. The van der Waals surface area contributed by atoms with E-state index in [0.717, 1.165) is 5.69 Å². The van der Waals surface area contributed by atoms with E-state index in [1.807, 2.05) is 13.8 Å². The van der Waals surface area contributed by atoms with Crippen LogP contribution in [0, 0.1) is 0 Å². The number of anilines is 2. The topological polar surface area (TPSA) is 64.6 Å². The van der Waals surface area contributed by atoms with E-state index in [-0.39, 0.29) is 11.8 Å². The Bertz CT molecular complexity index is 389. The summed E-state index contributed by atoms with van der Waals surface area (Å²) in [6, 6.07) is 4.82. The molecule has 5 nitrogen and oxygen atoms in total. The maximum Gasteiger partial charge on any atom is 0.321 e. The zero-order valence-electron chi connectivity index (χ0n) is 10.4. The van der Waals surface area contributed by atoms with E-state index in [9.17, 15) is 9.90 Å². The van der Waals surface area contributed by atoms with Crippen LogP contribution < -0.4 is 10.6 Å². The van der Waals surface area contributed by atoms with Crippen LogP contribution in [0.5, 0.6) is 5.75 Å². The lowest BCUT2D eigenvalue weighted by molar-refractivity contribution is 0.217. The van der Waals surface area contributed by atoms with Gasteiger partial charge in [0.25, 0.3) is 0 Å². The lowest BCUT2D eigenvalue weighted by atomic mass is 10.2. The van der Waals surface area contributed by atoms with Gasteiger partial charge in [-0.05, 0) is 26.0 Å². The molecule has 0 aliphatic heterocycles. The van der Waals surface area contributed by atoms with Crippen LogP contribution in [0.4, 0.5) is 16.2 Å². The molecule has 0 fully saturated rings. The fraction of sp³-hybridized carbons (Fsp3) is 0.417. The van der Waals surface area contributed by atoms with Crippen LogP contribution in [0.15, 0.2) is 18.2 Å². The number of nitrogens with one attached hydrogen (secondary N) is 2. The molecular formula is C12H19N3O2. The average molecular weight is 237 g/mol. The minimum Gasteiger partial charge on any atom is -0.506 e. The van der Waals surface area contributed by atoms with E-state index >= 15 is 0 Å². The van der Waals surface area contributed by atoms with Crippen molar-refractivity contribution in [2.45, 2.75) is 13.8 Å². The molecule has 5 heteroatoms. The van der Waals surface area contributed by atoms with E-state index in [1.165, 1.54) is 0 Å². The van der Waals surface area contributed by atoms with Gasteiger partial charge >= 0.3 is 6.03 Å². The number of amides is 2. The fourth-order valence-electron chi connectivity index (χ4n) is 1.50. The molecule has 1 aromatic carbocycles. The summed E-state index contributed by atoms with van der Waals surface area (Å²) in [5.41, 5.74) is 1.21. The van der Waals surface area contributed by atoms with Crippen LogP contribution in [0.3, 0.4) is 0 Å². The summed E-state index contributed by atoms with van der Waals surface area (Å²) < 4.78 is 0. The zero-order chi connectivity index (χ0) is 12.8. The molecule has 2 amide bonds. The first-order chi connectivity index (χ1) is 8.12. The van der Waals surface area contributed by atoms with Crippen molar-refractivity contribution in [1.29, 1.82) is 0 Å². The third-order valence-electron chi connectivity index (χ3n) is 2.58. The number of carbonyl (C=O) groups excluding carboxylic acids is 1. The van der Waals surface area contributed by atoms with Crippen molar-refractivity contribution in [1.82, 2.24) is 4.90 Å². The van der Waals surface area contributed by atoms with Gasteiger partial charge in [-0.1, -0.05) is 0 Å². The second kappa shape index (κ2) is 5.98. The van der Waals surface area contributed by atoms with Crippen molar-refractivity contribution in [3.63, 3.8) is 0 Å².